The van der Waals surface area contributed by atoms with E-state index in [4.69, 9.17) is 14.6 Å². The van der Waals surface area contributed by atoms with Gasteiger partial charge in [0.1, 0.15) is 0 Å². The molecule has 0 amide bonds. The van der Waals surface area contributed by atoms with Gasteiger partial charge in [0.2, 0.25) is 0 Å². The Morgan fingerprint density at radius 3 is 2.16 bits per heavy atom. The van der Waals surface area contributed by atoms with Gasteiger partial charge < -0.3 is 14.6 Å². The van der Waals surface area contributed by atoms with E-state index < -0.39 is 11.8 Å². The van der Waals surface area contributed by atoms with Crippen molar-refractivity contribution in [3.05, 3.63) is 48.0 Å². The minimum atomic E-state index is -1.53. The van der Waals surface area contributed by atoms with Gasteiger partial charge in [0.15, 0.2) is 23.0 Å². The van der Waals surface area contributed by atoms with Gasteiger partial charge >= 0.3 is 5.97 Å². The van der Waals surface area contributed by atoms with E-state index in [0.29, 0.717) is 17.2 Å². The summed E-state index contributed by atoms with van der Waals surface area (Å²) in [6.07, 6.45) is 0. The molecule has 0 aliphatic carbocycles. The van der Waals surface area contributed by atoms with Gasteiger partial charge in [-0.15, -0.1) is 0 Å². The van der Waals surface area contributed by atoms with E-state index in [1.54, 1.807) is 36.4 Å². The highest BCUT2D eigenvalue weighted by Crippen LogP contribution is 2.46. The summed E-state index contributed by atoms with van der Waals surface area (Å²) in [6.45, 7) is 0. The van der Waals surface area contributed by atoms with Crippen molar-refractivity contribution in [2.45, 2.75) is 0 Å². The molecule has 2 aromatic rings. The Hall–Kier alpha value is -2.82. The van der Waals surface area contributed by atoms with Gasteiger partial charge in [-0.3, -0.25) is 4.79 Å². The highest BCUT2D eigenvalue weighted by atomic mass is 16.6. The van der Waals surface area contributed by atoms with Crippen LogP contribution in [0, 0.1) is 0 Å². The number of fused-ring (bicyclic) bond motifs is 2. The third-order valence-electron chi connectivity index (χ3n) is 2.70. The van der Waals surface area contributed by atoms with Crippen LogP contribution in [0.5, 0.6) is 23.0 Å². The molecular weight excluding hydrogens is 248 g/mol. The van der Waals surface area contributed by atoms with Crippen molar-refractivity contribution in [3.8, 4) is 23.0 Å². The van der Waals surface area contributed by atoms with E-state index in [0.717, 1.165) is 0 Å². The van der Waals surface area contributed by atoms with Crippen LogP contribution in [0.25, 0.3) is 0 Å². The summed E-state index contributed by atoms with van der Waals surface area (Å²) < 4.78 is 11.1. The molecule has 1 aliphatic rings. The molecule has 19 heavy (non-hydrogen) atoms. The number of Topliss-reactive ketones (excluding diaryl/α,β-unsaturated/α-hetero) is 1. The Labute approximate surface area is 108 Å². The second-order valence-corrected chi connectivity index (χ2v) is 3.92. The fourth-order valence-corrected chi connectivity index (χ4v) is 1.84. The number of hydrogen-bond acceptors (Lipinski definition) is 4. The number of benzene rings is 2. The Bertz CT molecular complexity index is 690. The molecule has 0 fully saturated rings. The molecule has 1 N–H and O–H groups in total. The summed E-state index contributed by atoms with van der Waals surface area (Å²) in [5.41, 5.74) is -0.0282. The number of rotatable bonds is 2. The number of ketones is 1. The van der Waals surface area contributed by atoms with Crippen LogP contribution in [0.1, 0.15) is 10.4 Å². The maximum atomic E-state index is 11.6. The lowest BCUT2D eigenvalue weighted by molar-refractivity contribution is -0.131. The second-order valence-electron chi connectivity index (χ2n) is 3.92. The topological polar surface area (TPSA) is 72.8 Å². The van der Waals surface area contributed by atoms with Crippen LogP contribution in [0.3, 0.4) is 0 Å². The first-order chi connectivity index (χ1) is 9.16. The molecule has 0 atom stereocenters. The monoisotopic (exact) mass is 256 g/mol. The molecule has 0 radical (unpaired) electrons. The molecule has 0 spiro atoms. The number of carboxylic acids is 1. The number of carbonyl (C=O) groups is 2. The molecule has 0 bridgehead atoms. The van der Waals surface area contributed by atoms with Crippen LogP contribution in [-0.2, 0) is 4.79 Å². The van der Waals surface area contributed by atoms with Crippen molar-refractivity contribution in [3.63, 3.8) is 0 Å². The fourth-order valence-electron chi connectivity index (χ4n) is 1.84. The molecule has 2 aromatic carbocycles. The van der Waals surface area contributed by atoms with Gasteiger partial charge in [0.05, 0.1) is 5.56 Å². The number of aliphatic carboxylic acids is 1. The van der Waals surface area contributed by atoms with Crippen LogP contribution in [0.2, 0.25) is 0 Å². The van der Waals surface area contributed by atoms with Crippen molar-refractivity contribution in [2.75, 3.05) is 0 Å². The minimum absolute atomic E-state index is 0.0282. The zero-order valence-corrected chi connectivity index (χ0v) is 9.62. The highest BCUT2D eigenvalue weighted by Gasteiger charge is 2.26. The van der Waals surface area contributed by atoms with E-state index in [1.807, 2.05) is 0 Å². The highest BCUT2D eigenvalue weighted by molar-refractivity contribution is 6.40. The Balaban J connectivity index is 2.11. The van der Waals surface area contributed by atoms with E-state index >= 15 is 0 Å². The van der Waals surface area contributed by atoms with Crippen molar-refractivity contribution >= 4 is 11.8 Å². The number of para-hydroxylation sites is 3. The number of carbonyl (C=O) groups excluding carboxylic acids is 1. The van der Waals surface area contributed by atoms with Gasteiger partial charge in [-0.1, -0.05) is 18.2 Å². The van der Waals surface area contributed by atoms with Crippen LogP contribution in [0.4, 0.5) is 0 Å². The zero-order chi connectivity index (χ0) is 13.4. The van der Waals surface area contributed by atoms with Crippen molar-refractivity contribution in [1.82, 2.24) is 0 Å². The van der Waals surface area contributed by atoms with Gasteiger partial charge in [-0.25, -0.2) is 4.79 Å². The van der Waals surface area contributed by atoms with E-state index in [-0.39, 0.29) is 11.3 Å². The third-order valence-corrected chi connectivity index (χ3v) is 2.70. The summed E-state index contributed by atoms with van der Waals surface area (Å²) in [5.74, 6) is -1.13. The first-order valence-corrected chi connectivity index (χ1v) is 5.52. The summed E-state index contributed by atoms with van der Waals surface area (Å²) in [7, 11) is 0. The maximum Gasteiger partial charge on any atom is 0.377 e. The molecule has 5 nitrogen and oxygen atoms in total. The maximum absolute atomic E-state index is 11.6. The largest absolute Gasteiger partial charge is 0.475 e. The lowest BCUT2D eigenvalue weighted by Gasteiger charge is -2.21. The average molecular weight is 256 g/mol. The normalized spacial score (nSPS) is 11.6. The average Bonchev–Trinajstić information content (AvgIpc) is 2.43. The SMILES string of the molecule is O=C(O)C(=O)c1cccc2c1Oc1ccccc1O2. The van der Waals surface area contributed by atoms with Crippen LogP contribution in [0.15, 0.2) is 42.5 Å². The number of carboxylic acid groups (broad SMARTS) is 1. The van der Waals surface area contributed by atoms with Gasteiger partial charge in [-0.2, -0.15) is 0 Å². The zero-order valence-electron chi connectivity index (χ0n) is 9.62. The second kappa shape index (κ2) is 4.13. The molecule has 1 heterocycles. The lowest BCUT2D eigenvalue weighted by atomic mass is 10.1. The molecule has 0 aromatic heterocycles. The molecule has 5 heteroatoms. The summed E-state index contributed by atoms with van der Waals surface area (Å²) in [4.78, 5) is 22.4. The fraction of sp³-hybridized carbons (Fsp3) is 0. The predicted molar refractivity (Wildman–Crippen MR) is 65.0 cm³/mol. The Kier molecular flexibility index (Phi) is 2.45. The minimum Gasteiger partial charge on any atom is -0.475 e. The lowest BCUT2D eigenvalue weighted by Crippen LogP contribution is -2.14. The smallest absolute Gasteiger partial charge is 0.377 e. The first-order valence-electron chi connectivity index (χ1n) is 5.52. The van der Waals surface area contributed by atoms with E-state index in [9.17, 15) is 9.59 Å². The van der Waals surface area contributed by atoms with Gasteiger partial charge in [0, 0.05) is 0 Å². The van der Waals surface area contributed by atoms with Gasteiger partial charge in [-0.05, 0) is 24.3 Å². The number of ether oxygens (including phenoxy) is 2. The van der Waals surface area contributed by atoms with Crippen LogP contribution >= 0.6 is 0 Å². The molecular formula is C14H8O5. The molecule has 0 saturated carbocycles. The first kappa shape index (κ1) is 11.3. The molecule has 1 aliphatic heterocycles. The van der Waals surface area contributed by atoms with E-state index in [2.05, 4.69) is 0 Å². The van der Waals surface area contributed by atoms with Gasteiger partial charge in [0.25, 0.3) is 5.78 Å². The molecule has 0 unspecified atom stereocenters. The Morgan fingerprint density at radius 1 is 0.842 bits per heavy atom. The summed E-state index contributed by atoms with van der Waals surface area (Å²) in [5, 5.41) is 8.79. The van der Waals surface area contributed by atoms with Crippen molar-refractivity contribution in [1.29, 1.82) is 0 Å². The van der Waals surface area contributed by atoms with Crippen molar-refractivity contribution < 1.29 is 24.2 Å². The van der Waals surface area contributed by atoms with E-state index in [1.165, 1.54) is 6.07 Å². The van der Waals surface area contributed by atoms with Crippen LogP contribution in [-0.4, -0.2) is 16.9 Å². The molecule has 0 saturated heterocycles. The quantitative estimate of drug-likeness (QED) is 0.563. The standard InChI is InChI=1S/C14H8O5/c15-12(14(16)17)8-4-3-7-11-13(8)19-10-6-2-1-5-9(10)18-11/h1-7H,(H,16,17). The molecule has 3 rings (SSSR count). The third kappa shape index (κ3) is 1.81. The molecule has 94 valence electrons. The predicted octanol–water partition coefficient (Wildman–Crippen LogP) is 2.85. The number of hydrogen-bond donors (Lipinski definition) is 1. The summed E-state index contributed by atoms with van der Waals surface area (Å²) in [6, 6.07) is 11.5. The summed E-state index contributed by atoms with van der Waals surface area (Å²) >= 11 is 0. The van der Waals surface area contributed by atoms with Crippen LogP contribution < -0.4 is 9.47 Å². The Morgan fingerprint density at radius 2 is 1.47 bits per heavy atom. The van der Waals surface area contributed by atoms with Crippen molar-refractivity contribution in [2.24, 2.45) is 0 Å².